The minimum atomic E-state index is -1.55. The highest BCUT2D eigenvalue weighted by Gasteiger charge is 2.76. The number of rotatable bonds is 7. The Morgan fingerprint density at radius 2 is 1.74 bits per heavy atom. The maximum absolute atomic E-state index is 13.1. The maximum atomic E-state index is 13.1. The third kappa shape index (κ3) is 3.21. The zero-order valence-corrected chi connectivity index (χ0v) is 17.3. The summed E-state index contributed by atoms with van der Waals surface area (Å²) in [7, 11) is -0.168. The summed E-state index contributed by atoms with van der Waals surface area (Å²) in [6.45, 7) is 7.83. The number of methoxy groups -OCH3 is 1. The number of hydrogen-bond acceptors (Lipinski definition) is 5. The molecule has 1 unspecified atom stereocenters. The zero-order chi connectivity index (χ0) is 20.0. The van der Waals surface area contributed by atoms with E-state index in [-0.39, 0.29) is 18.0 Å². The van der Waals surface area contributed by atoms with Crippen molar-refractivity contribution in [2.75, 3.05) is 13.7 Å². The molecule has 1 aromatic rings. The first kappa shape index (κ1) is 20.0. The molecule has 1 aromatic carbocycles. The van der Waals surface area contributed by atoms with Crippen LogP contribution in [-0.4, -0.2) is 35.9 Å². The molecular weight excluding hydrogens is 366 g/mol. The van der Waals surface area contributed by atoms with Gasteiger partial charge in [0.05, 0.1) is 24.0 Å². The molecule has 3 aliphatic rings. The first-order chi connectivity index (χ1) is 12.7. The molecule has 3 saturated carbocycles. The molecule has 2 bridgehead atoms. The predicted molar refractivity (Wildman–Crippen MR) is 101 cm³/mol. The Morgan fingerprint density at radius 1 is 1.19 bits per heavy atom. The van der Waals surface area contributed by atoms with E-state index in [1.54, 1.807) is 6.92 Å². The minimum absolute atomic E-state index is 0.224. The summed E-state index contributed by atoms with van der Waals surface area (Å²) >= 11 is 0. The van der Waals surface area contributed by atoms with Gasteiger partial charge in [-0.05, 0) is 58.1 Å². The van der Waals surface area contributed by atoms with Crippen molar-refractivity contribution < 1.29 is 23.3 Å². The Kier molecular flexibility index (Phi) is 5.20. The molecule has 0 saturated heterocycles. The summed E-state index contributed by atoms with van der Waals surface area (Å²) in [4.78, 5) is 25.3. The second kappa shape index (κ2) is 7.02. The Morgan fingerprint density at radius 3 is 2.22 bits per heavy atom. The first-order valence-corrected chi connectivity index (χ1v) is 10.3. The van der Waals surface area contributed by atoms with Crippen molar-refractivity contribution in [3.05, 3.63) is 28.8 Å². The molecule has 0 aromatic heterocycles. The summed E-state index contributed by atoms with van der Waals surface area (Å²) in [5.41, 5.74) is 2.09. The van der Waals surface area contributed by atoms with E-state index in [1.165, 1.54) is 7.11 Å². The molecule has 2 atom stereocenters. The Balaban J connectivity index is 1.82. The first-order valence-electron chi connectivity index (χ1n) is 9.19. The standard InChI is InChI=1S/C20H27NO5S/c1-6-26-17(22)16(19-9-20(10-19,11-19)18(23)25-5)21-27(24)15-13(3)7-12(2)8-14(15)4/h7-8,16,21H,6,9-11H2,1-5H3/t16-,19?,20?,27?/m1/s1. The summed E-state index contributed by atoms with van der Waals surface area (Å²) in [6.07, 6.45) is 1.69. The van der Waals surface area contributed by atoms with E-state index >= 15 is 0 Å². The monoisotopic (exact) mass is 393 g/mol. The lowest BCUT2D eigenvalue weighted by Crippen LogP contribution is -2.73. The van der Waals surface area contributed by atoms with Crippen LogP contribution in [0.1, 0.15) is 42.9 Å². The lowest BCUT2D eigenvalue weighted by Gasteiger charge is -2.70. The van der Waals surface area contributed by atoms with Gasteiger partial charge in [0, 0.05) is 5.41 Å². The second-order valence-electron chi connectivity index (χ2n) is 7.96. The average molecular weight is 394 g/mol. The van der Waals surface area contributed by atoms with Gasteiger partial charge >= 0.3 is 11.9 Å². The molecule has 4 rings (SSSR count). The van der Waals surface area contributed by atoms with E-state index in [2.05, 4.69) is 4.72 Å². The number of benzene rings is 1. The van der Waals surface area contributed by atoms with Crippen molar-refractivity contribution in [1.82, 2.24) is 4.72 Å². The minimum Gasteiger partial charge on any atom is -0.469 e. The van der Waals surface area contributed by atoms with Gasteiger partial charge in [-0.1, -0.05) is 17.7 Å². The van der Waals surface area contributed by atoms with Gasteiger partial charge in [0.2, 0.25) is 0 Å². The topological polar surface area (TPSA) is 81.7 Å². The van der Waals surface area contributed by atoms with Crippen molar-refractivity contribution in [1.29, 1.82) is 0 Å². The summed E-state index contributed by atoms with van der Waals surface area (Å²) < 4.78 is 26.2. The van der Waals surface area contributed by atoms with Gasteiger partial charge in [0.25, 0.3) is 0 Å². The van der Waals surface area contributed by atoms with Gasteiger partial charge in [-0.15, -0.1) is 0 Å². The summed E-state index contributed by atoms with van der Waals surface area (Å²) in [6, 6.07) is 3.26. The van der Waals surface area contributed by atoms with E-state index in [0.717, 1.165) is 16.7 Å². The van der Waals surface area contributed by atoms with Gasteiger partial charge in [0.1, 0.15) is 17.0 Å². The van der Waals surface area contributed by atoms with Crippen molar-refractivity contribution >= 4 is 22.9 Å². The molecular formula is C20H27NO5S. The zero-order valence-electron chi connectivity index (χ0n) is 16.5. The van der Waals surface area contributed by atoms with E-state index in [9.17, 15) is 13.8 Å². The van der Waals surface area contributed by atoms with Gasteiger partial charge < -0.3 is 9.47 Å². The molecule has 0 heterocycles. The molecule has 1 N–H and O–H groups in total. The molecule has 0 spiro atoms. The van der Waals surface area contributed by atoms with Gasteiger partial charge in [-0.25, -0.2) is 8.93 Å². The highest BCUT2D eigenvalue weighted by Crippen LogP contribution is 2.75. The molecule has 0 radical (unpaired) electrons. The normalized spacial score (nSPS) is 27.7. The van der Waals surface area contributed by atoms with Crippen LogP contribution in [0.2, 0.25) is 0 Å². The molecule has 0 aliphatic heterocycles. The molecule has 3 fully saturated rings. The number of carbonyl (C=O) groups excluding carboxylic acids is 2. The Hall–Kier alpha value is -1.73. The maximum Gasteiger partial charge on any atom is 0.324 e. The number of ether oxygens (including phenoxy) is 2. The van der Waals surface area contributed by atoms with E-state index < -0.39 is 28.4 Å². The van der Waals surface area contributed by atoms with Crippen molar-refractivity contribution in [3.8, 4) is 0 Å². The smallest absolute Gasteiger partial charge is 0.324 e. The van der Waals surface area contributed by atoms with Crippen LogP contribution in [0.5, 0.6) is 0 Å². The van der Waals surface area contributed by atoms with Crippen LogP contribution in [-0.2, 0) is 30.0 Å². The van der Waals surface area contributed by atoms with E-state index in [0.29, 0.717) is 24.2 Å². The lowest BCUT2D eigenvalue weighted by atomic mass is 9.33. The Labute approximate surface area is 162 Å². The highest BCUT2D eigenvalue weighted by molar-refractivity contribution is 7.83. The molecule has 0 amide bonds. The fraction of sp³-hybridized carbons (Fsp3) is 0.600. The quantitative estimate of drug-likeness (QED) is 0.720. The third-order valence-electron chi connectivity index (χ3n) is 5.84. The van der Waals surface area contributed by atoms with Crippen LogP contribution in [0.3, 0.4) is 0 Å². The Bertz CT molecular complexity index is 776. The predicted octanol–water partition coefficient (Wildman–Crippen LogP) is 2.50. The lowest BCUT2D eigenvalue weighted by molar-refractivity contribution is -0.236. The van der Waals surface area contributed by atoms with Gasteiger partial charge in [-0.3, -0.25) is 9.59 Å². The second-order valence-corrected chi connectivity index (χ2v) is 9.15. The van der Waals surface area contributed by atoms with Crippen LogP contribution in [0.25, 0.3) is 0 Å². The third-order valence-corrected chi connectivity index (χ3v) is 7.30. The highest BCUT2D eigenvalue weighted by atomic mass is 32.2. The van der Waals surface area contributed by atoms with Crippen molar-refractivity contribution in [3.63, 3.8) is 0 Å². The van der Waals surface area contributed by atoms with E-state index in [1.807, 2.05) is 32.9 Å². The number of hydrogen-bond donors (Lipinski definition) is 1. The van der Waals surface area contributed by atoms with Crippen LogP contribution in [0.15, 0.2) is 17.0 Å². The number of nitrogens with one attached hydrogen (secondary N) is 1. The molecule has 148 valence electrons. The largest absolute Gasteiger partial charge is 0.469 e. The number of carbonyl (C=O) groups is 2. The average Bonchev–Trinajstić information content (AvgIpc) is 2.50. The van der Waals surface area contributed by atoms with Crippen molar-refractivity contribution in [2.24, 2.45) is 10.8 Å². The van der Waals surface area contributed by atoms with Crippen molar-refractivity contribution in [2.45, 2.75) is 57.9 Å². The molecule has 27 heavy (non-hydrogen) atoms. The fourth-order valence-electron chi connectivity index (χ4n) is 4.88. The number of esters is 2. The van der Waals surface area contributed by atoms with Crippen LogP contribution >= 0.6 is 0 Å². The SMILES string of the molecule is CCOC(=O)[C@@H](NS(=O)c1c(C)cc(C)cc1C)C12CC(C(=O)OC)(C1)C2. The van der Waals surface area contributed by atoms with Crippen LogP contribution in [0, 0.1) is 31.6 Å². The van der Waals surface area contributed by atoms with Gasteiger partial charge in [-0.2, -0.15) is 0 Å². The fourth-order valence-corrected chi connectivity index (χ4v) is 6.26. The number of aryl methyl sites for hydroxylation is 3. The van der Waals surface area contributed by atoms with E-state index in [4.69, 9.17) is 9.47 Å². The van der Waals surface area contributed by atoms with Crippen LogP contribution < -0.4 is 4.72 Å². The van der Waals surface area contributed by atoms with Gasteiger partial charge in [0.15, 0.2) is 0 Å². The molecule has 7 heteroatoms. The summed E-state index contributed by atoms with van der Waals surface area (Å²) in [5, 5.41) is 0. The van der Waals surface area contributed by atoms with Crippen LogP contribution in [0.4, 0.5) is 0 Å². The molecule has 3 aliphatic carbocycles. The summed E-state index contributed by atoms with van der Waals surface area (Å²) in [5.74, 6) is -0.634. The molecule has 6 nitrogen and oxygen atoms in total.